The second-order valence-electron chi connectivity index (χ2n) is 19.2. The molecule has 0 unspecified atom stereocenters. The number of primary amides is 1. The van der Waals surface area contributed by atoms with Crippen LogP contribution in [0.15, 0.2) is 30.5 Å². The molecule has 8 atom stereocenters. The van der Waals surface area contributed by atoms with Crippen molar-refractivity contribution < 1.29 is 53.1 Å². The van der Waals surface area contributed by atoms with Crippen LogP contribution in [0.4, 0.5) is 0 Å². The Morgan fingerprint density at radius 3 is 2.15 bits per heavy atom. The molecule has 8 amide bonds. The van der Waals surface area contributed by atoms with Crippen LogP contribution in [-0.2, 0) is 54.4 Å². The average molecular weight is 1040 g/mol. The maximum absolute atomic E-state index is 14.5. The van der Waals surface area contributed by atoms with E-state index in [1.165, 1.54) is 9.80 Å². The predicted molar refractivity (Wildman–Crippen MR) is 273 cm³/mol. The first-order valence-corrected chi connectivity index (χ1v) is 26.2. The summed E-state index contributed by atoms with van der Waals surface area (Å²) >= 11 is 8.76. The van der Waals surface area contributed by atoms with Crippen LogP contribution in [-0.4, -0.2) is 178 Å². The van der Waals surface area contributed by atoms with Gasteiger partial charge in [-0.3, -0.25) is 47.9 Å². The molecule has 0 spiro atoms. The minimum Gasteiger partial charge on any atom is -0.387 e. The van der Waals surface area contributed by atoms with Crippen molar-refractivity contribution in [3.8, 4) is 0 Å². The van der Waals surface area contributed by atoms with E-state index in [4.69, 9.17) is 5.73 Å². The second kappa shape index (κ2) is 28.1. The van der Waals surface area contributed by atoms with E-state index < -0.39 is 114 Å². The number of carbonyl (C=O) groups is 10. The van der Waals surface area contributed by atoms with Crippen molar-refractivity contribution in [2.45, 2.75) is 139 Å². The molecule has 0 saturated carbocycles. The van der Waals surface area contributed by atoms with Crippen molar-refractivity contribution in [1.29, 1.82) is 0 Å². The molecule has 396 valence electrons. The van der Waals surface area contributed by atoms with Gasteiger partial charge in [0.2, 0.25) is 47.3 Å². The zero-order valence-corrected chi connectivity index (χ0v) is 43.0. The van der Waals surface area contributed by atoms with Gasteiger partial charge in [0.15, 0.2) is 11.6 Å². The molecule has 72 heavy (non-hydrogen) atoms. The summed E-state index contributed by atoms with van der Waals surface area (Å²) in [4.78, 5) is 146. The van der Waals surface area contributed by atoms with Crippen LogP contribution in [0, 0.1) is 5.92 Å². The third-order valence-electron chi connectivity index (χ3n) is 13.7. The zero-order valence-electron chi connectivity index (χ0n) is 41.2. The van der Waals surface area contributed by atoms with Gasteiger partial charge in [-0.15, -0.1) is 0 Å². The number of aliphatic hydroxyl groups excluding tert-OH is 1. The van der Waals surface area contributed by atoms with E-state index in [2.05, 4.69) is 56.8 Å². The molecule has 21 nitrogen and oxygen atoms in total. The lowest BCUT2D eigenvalue weighted by Crippen LogP contribution is -2.59. The summed E-state index contributed by atoms with van der Waals surface area (Å²) in [7, 11) is 3.82. The zero-order chi connectivity index (χ0) is 52.5. The minimum atomic E-state index is -1.62. The summed E-state index contributed by atoms with van der Waals surface area (Å²) < 4.78 is 0. The lowest BCUT2D eigenvalue weighted by molar-refractivity contribution is -0.143. The Morgan fingerprint density at radius 1 is 0.764 bits per heavy atom. The number of fused-ring (bicyclic) bond motifs is 1. The number of nitrogens with two attached hydrogens (primary N) is 1. The highest BCUT2D eigenvalue weighted by Gasteiger charge is 2.41. The Bertz CT molecular complexity index is 2280. The largest absolute Gasteiger partial charge is 0.387 e. The molecule has 0 bridgehead atoms. The molecule has 3 saturated heterocycles. The summed E-state index contributed by atoms with van der Waals surface area (Å²) in [5.74, 6) is -8.02. The smallest absolute Gasteiger partial charge is 0.248 e. The third kappa shape index (κ3) is 16.0. The fourth-order valence-electron chi connectivity index (χ4n) is 9.68. The molecule has 9 N–H and O–H groups in total. The van der Waals surface area contributed by atoms with E-state index in [1.54, 1.807) is 6.20 Å². The number of thiol groups is 2. The maximum atomic E-state index is 14.5. The van der Waals surface area contributed by atoms with Gasteiger partial charge in [0, 0.05) is 60.5 Å². The van der Waals surface area contributed by atoms with Crippen LogP contribution in [0.3, 0.4) is 0 Å². The number of hydrogen-bond acceptors (Lipinski definition) is 14. The lowest BCUT2D eigenvalue weighted by atomic mass is 9.89. The van der Waals surface area contributed by atoms with Gasteiger partial charge in [-0.2, -0.15) is 25.3 Å². The number of carbonyl (C=O) groups excluding carboxylic acids is 10. The Kier molecular flexibility index (Phi) is 22.4. The molecule has 4 heterocycles. The van der Waals surface area contributed by atoms with Gasteiger partial charge in [0.25, 0.3) is 0 Å². The summed E-state index contributed by atoms with van der Waals surface area (Å²) in [6, 6.07) is -0.941. The van der Waals surface area contributed by atoms with Crippen LogP contribution in [0.2, 0.25) is 0 Å². The average Bonchev–Trinajstić information content (AvgIpc) is 4.15. The number of nitrogens with zero attached hydrogens (tertiary/aromatic N) is 3. The highest BCUT2D eigenvalue weighted by atomic mass is 32.1. The highest BCUT2D eigenvalue weighted by molar-refractivity contribution is 7.80. The number of aromatic nitrogens is 1. The van der Waals surface area contributed by atoms with Gasteiger partial charge in [-0.05, 0) is 96.5 Å². The number of hydrogen-bond donors (Lipinski definition) is 10. The number of amides is 8. The molecule has 1 aromatic heterocycles. The number of rotatable bonds is 14. The molecule has 23 heteroatoms. The minimum absolute atomic E-state index is 0.0109. The lowest BCUT2D eigenvalue weighted by Gasteiger charge is -2.30. The number of unbranched alkanes of at least 4 members (excludes halogenated alkanes) is 1. The van der Waals surface area contributed by atoms with Gasteiger partial charge in [-0.25, -0.2) is 0 Å². The summed E-state index contributed by atoms with van der Waals surface area (Å²) in [5.41, 5.74) is 7.25. The van der Waals surface area contributed by atoms with Crippen LogP contribution in [0.25, 0.3) is 10.9 Å². The monoisotopic (exact) mass is 1040 g/mol. The fraction of sp³-hybridized carbons (Fsp3) is 0.633. The second-order valence-corrected chi connectivity index (χ2v) is 20.0. The Labute approximate surface area is 430 Å². The predicted octanol–water partition coefficient (Wildman–Crippen LogP) is -0.316. The van der Waals surface area contributed by atoms with E-state index >= 15 is 0 Å². The first-order valence-electron chi connectivity index (χ1n) is 24.9. The maximum Gasteiger partial charge on any atom is 0.248 e. The van der Waals surface area contributed by atoms with E-state index in [0.29, 0.717) is 45.1 Å². The number of ketones is 2. The molecule has 3 aliphatic heterocycles. The van der Waals surface area contributed by atoms with Gasteiger partial charge >= 0.3 is 0 Å². The van der Waals surface area contributed by atoms with Crippen LogP contribution in [0.5, 0.6) is 0 Å². The molecule has 0 aliphatic carbocycles. The standard InChI is InChI=1S/C49H72N10O11S2/c1-57(2)19-9-8-14-33-41(62)23-29(22-30-25-51-32-13-7-6-12-31(30)32)45(66)56-36(27-71)40(61)18-5-3-4-15-34(54-48(69)39-17-11-20-58(39)43(64)26-60)46(67)55-35(24-42(63)52-37(28-72)47(68)53-33)49(70)59-21-10-16-38(59)44(50)65/h6-7,12-13,25,29,33-39,51,60,71-72H,3-5,8-11,14-24,26-28H2,1-2H3,(H2,50,65)(H,52,63)(H,53,68)(H,54,69)(H,55,67)(H,56,66)/t29-,33+,34+,35+,36+,37+,38+,39+/m1/s1. The summed E-state index contributed by atoms with van der Waals surface area (Å²) in [6.45, 7) is 0.179. The van der Waals surface area contributed by atoms with E-state index in [-0.39, 0.29) is 81.7 Å². The van der Waals surface area contributed by atoms with Crippen molar-refractivity contribution in [1.82, 2.24) is 46.3 Å². The van der Waals surface area contributed by atoms with Gasteiger partial charge in [-0.1, -0.05) is 31.0 Å². The Balaban J connectivity index is 1.48. The number of para-hydroxylation sites is 1. The molecule has 3 aliphatic rings. The molecular weight excluding hydrogens is 969 g/mol. The first kappa shape index (κ1) is 57.4. The van der Waals surface area contributed by atoms with Gasteiger partial charge < -0.3 is 57.1 Å². The summed E-state index contributed by atoms with van der Waals surface area (Å²) in [6.07, 6.45) is 4.57. The number of Topliss-reactive ketones (excluding diaryl/α,β-unsaturated/α-hetero) is 2. The van der Waals surface area contributed by atoms with E-state index in [0.717, 1.165) is 16.5 Å². The molecule has 3 fully saturated rings. The summed E-state index contributed by atoms with van der Waals surface area (Å²) in [5, 5.41) is 24.0. The van der Waals surface area contributed by atoms with Crippen molar-refractivity contribution in [2.24, 2.45) is 11.7 Å². The number of aromatic amines is 1. The SMILES string of the molecule is CN(C)CCCC[C@@H]1NC(=O)[C@H](CS)NC(=O)C[C@@H](C(=O)N2CCC[C@H]2C(N)=O)NC(=O)[C@@H](NC(=O)[C@@H]2CCCN2C(=O)CO)CCCCCC(=O)[C@H](CS)NC(=O)[C@H](Cc2c[nH]c3ccccc23)CC1=O. The topological polar surface area (TPSA) is 303 Å². The highest BCUT2D eigenvalue weighted by Crippen LogP contribution is 2.25. The van der Waals surface area contributed by atoms with E-state index in [9.17, 15) is 53.1 Å². The van der Waals surface area contributed by atoms with Crippen molar-refractivity contribution in [3.63, 3.8) is 0 Å². The van der Waals surface area contributed by atoms with Crippen molar-refractivity contribution >= 4 is 95.0 Å². The molecule has 5 rings (SSSR count). The normalized spacial score (nSPS) is 26.0. The van der Waals surface area contributed by atoms with Crippen LogP contribution >= 0.6 is 25.3 Å². The Hall–Kier alpha value is -5.52. The van der Waals surface area contributed by atoms with E-state index in [1.807, 2.05) is 43.3 Å². The molecule has 1 aromatic carbocycles. The number of nitrogens with one attached hydrogen (secondary N) is 6. The molecular formula is C49H72N10O11S2. The molecule has 2 aromatic rings. The van der Waals surface area contributed by atoms with Gasteiger partial charge in [0.05, 0.1) is 18.5 Å². The number of H-pyrrole nitrogens is 1. The first-order chi connectivity index (χ1) is 34.4. The third-order valence-corrected chi connectivity index (χ3v) is 14.4. The number of aliphatic hydroxyl groups is 1. The van der Waals surface area contributed by atoms with Crippen LogP contribution in [0.1, 0.15) is 95.5 Å². The Morgan fingerprint density at radius 2 is 1.46 bits per heavy atom. The molecule has 0 radical (unpaired) electrons. The van der Waals surface area contributed by atoms with Crippen LogP contribution < -0.4 is 32.3 Å². The van der Waals surface area contributed by atoms with Crippen molar-refractivity contribution in [2.75, 3.05) is 51.8 Å². The van der Waals surface area contributed by atoms with Gasteiger partial charge in [0.1, 0.15) is 36.8 Å². The number of likely N-dealkylation sites (tertiary alicyclic amines) is 2. The number of benzene rings is 1. The quantitative estimate of drug-likeness (QED) is 0.0861. The fourth-order valence-corrected chi connectivity index (χ4v) is 10.2. The van der Waals surface area contributed by atoms with Crippen molar-refractivity contribution in [3.05, 3.63) is 36.0 Å².